The van der Waals surface area contributed by atoms with E-state index in [1.165, 1.54) is 18.4 Å². The lowest BCUT2D eigenvalue weighted by Gasteiger charge is -2.18. The zero-order valence-corrected chi connectivity index (χ0v) is 13.5. The fourth-order valence-electron chi connectivity index (χ4n) is 1.23. The summed E-state index contributed by atoms with van der Waals surface area (Å²) in [6, 6.07) is 0. The topological polar surface area (TPSA) is 79.6 Å². The number of imidazole rings is 1. The van der Waals surface area contributed by atoms with Crippen molar-refractivity contribution in [2.45, 2.75) is 26.7 Å². The third kappa shape index (κ3) is 6.09. The van der Waals surface area contributed by atoms with E-state index >= 15 is 0 Å². The van der Waals surface area contributed by atoms with Crippen LogP contribution in [-0.4, -0.2) is 40.8 Å². The van der Waals surface area contributed by atoms with Gasteiger partial charge in [0.2, 0.25) is 5.28 Å². The molecule has 0 aliphatic heterocycles. The molecule has 0 aromatic carbocycles. The Bertz CT molecular complexity index is 502. The highest BCUT2D eigenvalue weighted by molar-refractivity contribution is 6.41. The molecule has 1 rings (SSSR count). The number of nitrogens with zero attached hydrogens (tertiary/aromatic N) is 2. The van der Waals surface area contributed by atoms with E-state index in [2.05, 4.69) is 4.98 Å². The van der Waals surface area contributed by atoms with Crippen LogP contribution in [-0.2, 0) is 30.5 Å². The summed E-state index contributed by atoms with van der Waals surface area (Å²) in [7, 11) is 0. The number of carbonyl (C=O) groups is 2. The van der Waals surface area contributed by atoms with Crippen LogP contribution in [0, 0.1) is 0 Å². The molecule has 21 heavy (non-hydrogen) atoms. The Morgan fingerprint density at radius 1 is 1.14 bits per heavy atom. The molecule has 118 valence electrons. The maximum absolute atomic E-state index is 10.8. The summed E-state index contributed by atoms with van der Waals surface area (Å²) in [5.74, 6) is -0.957. The van der Waals surface area contributed by atoms with Gasteiger partial charge >= 0.3 is 11.9 Å². The van der Waals surface area contributed by atoms with Crippen LogP contribution in [0.4, 0.5) is 0 Å². The van der Waals surface area contributed by atoms with Crippen molar-refractivity contribution in [3.8, 4) is 0 Å². The lowest BCUT2D eigenvalue weighted by Crippen LogP contribution is -2.28. The first-order valence-corrected chi connectivity index (χ1v) is 6.90. The Labute approximate surface area is 136 Å². The van der Waals surface area contributed by atoms with E-state index in [-0.39, 0.29) is 35.5 Å². The minimum absolute atomic E-state index is 0.0433. The number of hydrogen-bond acceptors (Lipinski definition) is 6. The predicted octanol–water partition coefficient (Wildman–Crippen LogP) is 2.31. The van der Waals surface area contributed by atoms with Crippen molar-refractivity contribution in [2.24, 2.45) is 0 Å². The molecule has 7 nitrogen and oxygen atoms in total. The number of esters is 2. The van der Waals surface area contributed by atoms with Gasteiger partial charge in [0.1, 0.15) is 26.0 Å². The quantitative estimate of drug-likeness (QED) is 0.695. The van der Waals surface area contributed by atoms with Crippen molar-refractivity contribution in [3.05, 3.63) is 15.6 Å². The monoisotopic (exact) mass is 358 g/mol. The molecule has 1 aromatic rings. The van der Waals surface area contributed by atoms with Gasteiger partial charge < -0.3 is 14.2 Å². The van der Waals surface area contributed by atoms with E-state index in [4.69, 9.17) is 49.0 Å². The van der Waals surface area contributed by atoms with E-state index in [1.807, 2.05) is 0 Å². The molecule has 0 bridgehead atoms. The molecular weight excluding hydrogens is 346 g/mol. The van der Waals surface area contributed by atoms with Crippen LogP contribution in [0.15, 0.2) is 0 Å². The fraction of sp³-hybridized carbons (Fsp3) is 0.545. The number of hydrogen-bond donors (Lipinski definition) is 0. The first kappa shape index (κ1) is 18.0. The van der Waals surface area contributed by atoms with Crippen molar-refractivity contribution in [2.75, 3.05) is 13.2 Å². The highest BCUT2D eigenvalue weighted by atomic mass is 35.5. The van der Waals surface area contributed by atoms with Crippen LogP contribution in [0.1, 0.15) is 13.8 Å². The molecule has 1 heterocycles. The van der Waals surface area contributed by atoms with Gasteiger partial charge in [-0.25, -0.2) is 4.98 Å². The average molecular weight is 360 g/mol. The van der Waals surface area contributed by atoms with Crippen molar-refractivity contribution in [1.82, 2.24) is 9.55 Å². The first-order chi connectivity index (χ1) is 9.81. The second-order valence-electron chi connectivity index (χ2n) is 3.91. The molecule has 10 heteroatoms. The maximum Gasteiger partial charge on any atom is 0.302 e. The Kier molecular flexibility index (Phi) is 7.24. The molecule has 0 saturated carbocycles. The summed E-state index contributed by atoms with van der Waals surface area (Å²) in [6.45, 7) is 2.25. The first-order valence-electron chi connectivity index (χ1n) is 5.76. The van der Waals surface area contributed by atoms with Gasteiger partial charge in [0, 0.05) is 13.8 Å². The van der Waals surface area contributed by atoms with Crippen molar-refractivity contribution in [1.29, 1.82) is 0 Å². The number of rotatable bonds is 7. The molecule has 0 N–H and O–H groups in total. The van der Waals surface area contributed by atoms with Gasteiger partial charge in [-0.1, -0.05) is 23.2 Å². The summed E-state index contributed by atoms with van der Waals surface area (Å²) in [6.07, 6.45) is -0.675. The molecule has 0 unspecified atom stereocenters. The summed E-state index contributed by atoms with van der Waals surface area (Å²) in [5, 5.41) is 0.200. The van der Waals surface area contributed by atoms with Crippen LogP contribution < -0.4 is 0 Å². The zero-order chi connectivity index (χ0) is 16.0. The Morgan fingerprint density at radius 3 is 2.05 bits per heavy atom. The molecular formula is C11H13Cl3N2O5. The third-order valence-electron chi connectivity index (χ3n) is 2.20. The van der Waals surface area contributed by atoms with E-state index in [9.17, 15) is 9.59 Å². The molecule has 0 spiro atoms. The van der Waals surface area contributed by atoms with Crippen LogP contribution >= 0.6 is 34.8 Å². The van der Waals surface area contributed by atoms with Crippen molar-refractivity contribution < 1.29 is 23.8 Å². The standard InChI is InChI=1S/C11H13Cl3N2O5/c1-6(17)19-3-8(4-20-7(2)18)21-5-16-10(13)9(12)15-11(16)14/h8H,3-5H2,1-2H3. The van der Waals surface area contributed by atoms with Crippen molar-refractivity contribution >= 4 is 46.7 Å². The predicted molar refractivity (Wildman–Crippen MR) is 75.4 cm³/mol. The Balaban J connectivity index is 2.62. The van der Waals surface area contributed by atoms with Gasteiger partial charge in [-0.05, 0) is 11.6 Å². The molecule has 0 aliphatic rings. The zero-order valence-electron chi connectivity index (χ0n) is 11.3. The van der Waals surface area contributed by atoms with Gasteiger partial charge in [0.15, 0.2) is 10.3 Å². The second kappa shape index (κ2) is 8.43. The van der Waals surface area contributed by atoms with Crippen LogP contribution in [0.5, 0.6) is 0 Å². The lowest BCUT2D eigenvalue weighted by molar-refractivity contribution is -0.154. The summed E-state index contributed by atoms with van der Waals surface area (Å²) < 4.78 is 16.4. The number of aromatic nitrogens is 2. The van der Waals surface area contributed by atoms with E-state index in [0.717, 1.165) is 0 Å². The van der Waals surface area contributed by atoms with Gasteiger partial charge in [-0.15, -0.1) is 0 Å². The summed E-state index contributed by atoms with van der Waals surface area (Å²) in [4.78, 5) is 25.4. The minimum atomic E-state index is -0.675. The van der Waals surface area contributed by atoms with E-state index in [1.54, 1.807) is 0 Å². The summed E-state index contributed by atoms with van der Waals surface area (Å²) in [5.41, 5.74) is 0. The molecule has 1 aromatic heterocycles. The molecule has 0 saturated heterocycles. The van der Waals surface area contributed by atoms with Crippen molar-refractivity contribution in [3.63, 3.8) is 0 Å². The maximum atomic E-state index is 10.8. The molecule has 0 aliphatic carbocycles. The molecule has 0 atom stereocenters. The van der Waals surface area contributed by atoms with Gasteiger partial charge in [-0.3, -0.25) is 14.2 Å². The highest BCUT2D eigenvalue weighted by Crippen LogP contribution is 2.25. The molecule has 0 radical (unpaired) electrons. The second-order valence-corrected chi connectivity index (χ2v) is 4.97. The number of ether oxygens (including phenoxy) is 3. The number of carbonyl (C=O) groups excluding carboxylic acids is 2. The Hall–Kier alpha value is -1.02. The molecule has 0 fully saturated rings. The van der Waals surface area contributed by atoms with E-state index in [0.29, 0.717) is 0 Å². The molecule has 0 amide bonds. The Morgan fingerprint density at radius 2 is 1.67 bits per heavy atom. The third-order valence-corrected chi connectivity index (χ3v) is 3.24. The van der Waals surface area contributed by atoms with Gasteiger partial charge in [-0.2, -0.15) is 0 Å². The highest BCUT2D eigenvalue weighted by Gasteiger charge is 2.17. The van der Waals surface area contributed by atoms with Gasteiger partial charge in [0.05, 0.1) is 0 Å². The number of halogens is 3. The smallest absolute Gasteiger partial charge is 0.302 e. The van der Waals surface area contributed by atoms with E-state index < -0.39 is 18.0 Å². The van der Waals surface area contributed by atoms with Crippen LogP contribution in [0.2, 0.25) is 15.6 Å². The van der Waals surface area contributed by atoms with Crippen LogP contribution in [0.25, 0.3) is 0 Å². The fourth-order valence-corrected chi connectivity index (χ4v) is 1.89. The largest absolute Gasteiger partial charge is 0.463 e. The average Bonchev–Trinajstić information content (AvgIpc) is 2.63. The normalized spacial score (nSPS) is 10.8. The summed E-state index contributed by atoms with van der Waals surface area (Å²) >= 11 is 17.4. The minimum Gasteiger partial charge on any atom is -0.463 e. The SMILES string of the molecule is CC(=O)OCC(COC(C)=O)OCn1c(Cl)nc(Cl)c1Cl. The lowest BCUT2D eigenvalue weighted by atomic mass is 10.4. The van der Waals surface area contributed by atoms with Crippen LogP contribution in [0.3, 0.4) is 0 Å². The van der Waals surface area contributed by atoms with Gasteiger partial charge in [0.25, 0.3) is 0 Å².